The second-order valence-electron chi connectivity index (χ2n) is 7.88. The van der Waals surface area contributed by atoms with Crippen molar-refractivity contribution in [2.75, 3.05) is 13.7 Å². The van der Waals surface area contributed by atoms with Crippen LogP contribution < -0.4 is 5.32 Å². The van der Waals surface area contributed by atoms with Crippen molar-refractivity contribution in [2.24, 2.45) is 0 Å². The molecule has 2 aromatic carbocycles. The minimum absolute atomic E-state index is 0.00469. The number of furan rings is 1. The van der Waals surface area contributed by atoms with Crippen molar-refractivity contribution in [3.63, 3.8) is 0 Å². The Labute approximate surface area is 190 Å². The number of benzene rings is 2. The Kier molecular flexibility index (Phi) is 6.17. The van der Waals surface area contributed by atoms with Crippen molar-refractivity contribution < 1.29 is 28.6 Å². The molecule has 170 valence electrons. The van der Waals surface area contributed by atoms with Crippen molar-refractivity contribution >= 4 is 18.0 Å². The highest BCUT2D eigenvalue weighted by atomic mass is 16.5. The number of amides is 2. The van der Waals surface area contributed by atoms with Gasteiger partial charge in [0.05, 0.1) is 6.54 Å². The lowest BCUT2D eigenvalue weighted by Gasteiger charge is -2.20. The van der Waals surface area contributed by atoms with E-state index >= 15 is 0 Å². The molecule has 0 spiro atoms. The van der Waals surface area contributed by atoms with Gasteiger partial charge in [0.1, 0.15) is 18.4 Å². The smallest absolute Gasteiger partial charge is 0.407 e. The summed E-state index contributed by atoms with van der Waals surface area (Å²) in [4.78, 5) is 36.8. The monoisotopic (exact) mass is 448 g/mol. The molecule has 2 amide bonds. The number of rotatable bonds is 7. The summed E-state index contributed by atoms with van der Waals surface area (Å²) in [6.45, 7) is 1.63. The normalized spacial score (nSPS) is 13.0. The highest BCUT2D eigenvalue weighted by molar-refractivity contribution is 5.94. The third-order valence-electron chi connectivity index (χ3n) is 5.88. The molecule has 0 unspecified atom stereocenters. The number of nitrogens with one attached hydrogen (secondary N) is 1. The Hall–Kier alpha value is -4.07. The first-order chi connectivity index (χ1) is 15.9. The van der Waals surface area contributed by atoms with Crippen LogP contribution in [-0.2, 0) is 16.1 Å². The van der Waals surface area contributed by atoms with Gasteiger partial charge in [-0.25, -0.2) is 9.59 Å². The number of carboxylic acid groups (broad SMARTS) is 1. The van der Waals surface area contributed by atoms with Crippen LogP contribution in [0.25, 0.3) is 11.1 Å². The van der Waals surface area contributed by atoms with Gasteiger partial charge in [0, 0.05) is 13.0 Å². The number of likely N-dealkylation sites (N-methyl/N-ethyl adjacent to an activating group) is 1. The predicted molar refractivity (Wildman–Crippen MR) is 120 cm³/mol. The topological polar surface area (TPSA) is 109 Å². The summed E-state index contributed by atoms with van der Waals surface area (Å²) in [5.41, 5.74) is 4.55. The van der Waals surface area contributed by atoms with Crippen molar-refractivity contribution in [3.8, 4) is 11.1 Å². The molecule has 1 aliphatic carbocycles. The fourth-order valence-electron chi connectivity index (χ4n) is 3.91. The zero-order valence-corrected chi connectivity index (χ0v) is 18.3. The highest BCUT2D eigenvalue weighted by Crippen LogP contribution is 2.44. The van der Waals surface area contributed by atoms with Gasteiger partial charge >= 0.3 is 12.1 Å². The Bertz CT molecular complexity index is 1160. The molecule has 0 radical (unpaired) electrons. The third-order valence-corrected chi connectivity index (χ3v) is 5.88. The number of aliphatic carboxylic acids is 1. The minimum Gasteiger partial charge on any atom is -0.480 e. The quantitative estimate of drug-likeness (QED) is 0.568. The van der Waals surface area contributed by atoms with Crippen LogP contribution in [0, 0.1) is 0 Å². The molecule has 8 nitrogen and oxygen atoms in total. The van der Waals surface area contributed by atoms with Crippen LogP contribution in [-0.4, -0.2) is 47.7 Å². The number of hydrogen-bond acceptors (Lipinski definition) is 5. The fourth-order valence-corrected chi connectivity index (χ4v) is 3.91. The molecule has 0 saturated heterocycles. The van der Waals surface area contributed by atoms with E-state index in [0.29, 0.717) is 5.76 Å². The van der Waals surface area contributed by atoms with Crippen molar-refractivity contribution in [2.45, 2.75) is 25.4 Å². The van der Waals surface area contributed by atoms with E-state index in [2.05, 4.69) is 17.4 Å². The van der Waals surface area contributed by atoms with Gasteiger partial charge in [-0.15, -0.1) is 0 Å². The van der Waals surface area contributed by atoms with E-state index in [-0.39, 0.29) is 24.8 Å². The van der Waals surface area contributed by atoms with E-state index in [1.54, 1.807) is 6.07 Å². The lowest BCUT2D eigenvalue weighted by molar-refractivity contribution is -0.141. The van der Waals surface area contributed by atoms with Gasteiger partial charge in [-0.2, -0.15) is 0 Å². The van der Waals surface area contributed by atoms with Crippen LogP contribution in [0.2, 0.25) is 0 Å². The standard InChI is InChI=1S/C25H24N2O6/c1-15(24(29)30)27(2)23(28)22-12-11-16(33-22)13-26-25(31)32-14-21-19-9-5-3-7-17(19)18-8-4-6-10-20(18)21/h3-12,15,21H,13-14H2,1-2H3,(H,26,31)(H,29,30)/t15-/m0/s1. The number of carbonyl (C=O) groups excluding carboxylic acids is 2. The number of carbonyl (C=O) groups is 3. The van der Waals surface area contributed by atoms with Gasteiger partial charge in [0.2, 0.25) is 0 Å². The SMILES string of the molecule is C[C@@H](C(=O)O)N(C)C(=O)c1ccc(CNC(=O)OCC2c3ccccc3-c3ccccc32)o1. The molecule has 4 rings (SSSR count). The first-order valence-electron chi connectivity index (χ1n) is 10.5. The van der Waals surface area contributed by atoms with E-state index in [0.717, 1.165) is 27.2 Å². The second-order valence-corrected chi connectivity index (χ2v) is 7.88. The molecule has 2 N–H and O–H groups in total. The average Bonchev–Trinajstić information content (AvgIpc) is 3.43. The molecule has 33 heavy (non-hydrogen) atoms. The predicted octanol–water partition coefficient (Wildman–Crippen LogP) is 3.86. The summed E-state index contributed by atoms with van der Waals surface area (Å²) >= 11 is 0. The summed E-state index contributed by atoms with van der Waals surface area (Å²) in [6.07, 6.45) is -0.599. The zero-order valence-electron chi connectivity index (χ0n) is 18.3. The summed E-state index contributed by atoms with van der Waals surface area (Å²) in [6, 6.07) is 18.2. The Morgan fingerprint density at radius 3 is 2.24 bits per heavy atom. The molecule has 1 heterocycles. The van der Waals surface area contributed by atoms with Crippen molar-refractivity contribution in [1.29, 1.82) is 0 Å². The first-order valence-corrected chi connectivity index (χ1v) is 10.5. The number of hydrogen-bond donors (Lipinski definition) is 2. The number of carboxylic acids is 1. The first kappa shape index (κ1) is 22.1. The van der Waals surface area contributed by atoms with E-state index in [1.165, 1.54) is 20.0 Å². The Morgan fingerprint density at radius 1 is 1.03 bits per heavy atom. The van der Waals surface area contributed by atoms with Crippen LogP contribution >= 0.6 is 0 Å². The van der Waals surface area contributed by atoms with Crippen LogP contribution in [0.1, 0.15) is 40.3 Å². The number of ether oxygens (including phenoxy) is 1. The van der Waals surface area contributed by atoms with Crippen LogP contribution in [0.5, 0.6) is 0 Å². The van der Waals surface area contributed by atoms with Gasteiger partial charge in [-0.3, -0.25) is 4.79 Å². The molecule has 0 bridgehead atoms. The maximum Gasteiger partial charge on any atom is 0.407 e. The van der Waals surface area contributed by atoms with Crippen LogP contribution in [0.3, 0.4) is 0 Å². The van der Waals surface area contributed by atoms with Crippen molar-refractivity contribution in [1.82, 2.24) is 10.2 Å². The van der Waals surface area contributed by atoms with Gasteiger partial charge in [-0.1, -0.05) is 48.5 Å². The molecule has 0 aliphatic heterocycles. The summed E-state index contributed by atoms with van der Waals surface area (Å²) in [5.74, 6) is -1.37. The molecular weight excluding hydrogens is 424 g/mol. The number of nitrogens with zero attached hydrogens (tertiary/aromatic N) is 1. The van der Waals surface area contributed by atoms with Gasteiger partial charge in [0.15, 0.2) is 5.76 Å². The molecule has 1 aliphatic rings. The number of fused-ring (bicyclic) bond motifs is 3. The van der Waals surface area contributed by atoms with E-state index < -0.39 is 24.0 Å². The van der Waals surface area contributed by atoms with Crippen LogP contribution in [0.15, 0.2) is 65.1 Å². The van der Waals surface area contributed by atoms with E-state index in [9.17, 15) is 14.4 Å². The molecule has 3 aromatic rings. The molecule has 1 aromatic heterocycles. The van der Waals surface area contributed by atoms with Crippen molar-refractivity contribution in [3.05, 3.63) is 83.3 Å². The maximum atomic E-state index is 12.3. The zero-order chi connectivity index (χ0) is 23.5. The largest absolute Gasteiger partial charge is 0.480 e. The summed E-state index contributed by atoms with van der Waals surface area (Å²) in [7, 11) is 1.39. The molecule has 1 atom stereocenters. The third kappa shape index (κ3) is 4.45. The lowest BCUT2D eigenvalue weighted by Crippen LogP contribution is -2.40. The minimum atomic E-state index is -1.12. The lowest BCUT2D eigenvalue weighted by atomic mass is 9.98. The highest BCUT2D eigenvalue weighted by Gasteiger charge is 2.29. The molecule has 8 heteroatoms. The van der Waals surface area contributed by atoms with Gasteiger partial charge < -0.3 is 24.5 Å². The Morgan fingerprint density at radius 2 is 1.64 bits per heavy atom. The maximum absolute atomic E-state index is 12.3. The van der Waals surface area contributed by atoms with Crippen LogP contribution in [0.4, 0.5) is 4.79 Å². The molecule has 0 fully saturated rings. The average molecular weight is 448 g/mol. The van der Waals surface area contributed by atoms with Gasteiger partial charge in [-0.05, 0) is 41.3 Å². The van der Waals surface area contributed by atoms with E-state index in [1.807, 2.05) is 36.4 Å². The summed E-state index contributed by atoms with van der Waals surface area (Å²) in [5, 5.41) is 11.7. The summed E-state index contributed by atoms with van der Waals surface area (Å²) < 4.78 is 10.9. The second kappa shape index (κ2) is 9.20. The fraction of sp³-hybridized carbons (Fsp3) is 0.240. The Balaban J connectivity index is 1.33. The molecular formula is C25H24N2O6. The van der Waals surface area contributed by atoms with Gasteiger partial charge in [0.25, 0.3) is 5.91 Å². The molecule has 0 saturated carbocycles. The number of alkyl carbamates (subject to hydrolysis) is 1. The van der Waals surface area contributed by atoms with E-state index in [4.69, 9.17) is 14.3 Å².